The minimum atomic E-state index is 0.853. The number of aryl methyl sites for hydroxylation is 1. The second-order valence-corrected chi connectivity index (χ2v) is 5.49. The van der Waals surface area contributed by atoms with Crippen LogP contribution in [-0.2, 0) is 13.1 Å². The number of halogens is 1. The summed E-state index contributed by atoms with van der Waals surface area (Å²) in [4.78, 5) is 2.50. The van der Waals surface area contributed by atoms with Crippen molar-refractivity contribution in [1.29, 1.82) is 0 Å². The van der Waals surface area contributed by atoms with E-state index in [4.69, 9.17) is 11.6 Å². The predicted molar refractivity (Wildman–Crippen MR) is 80.8 cm³/mol. The van der Waals surface area contributed by atoms with Gasteiger partial charge in [0, 0.05) is 50.3 Å². The Hall–Kier alpha value is -1.03. The zero-order chi connectivity index (χ0) is 13.2. The Morgan fingerprint density at radius 1 is 1.26 bits per heavy atom. The van der Waals surface area contributed by atoms with Crippen molar-refractivity contribution in [2.24, 2.45) is 0 Å². The topological polar surface area (TPSA) is 20.2 Å². The highest BCUT2D eigenvalue weighted by Crippen LogP contribution is 2.27. The maximum atomic E-state index is 6.35. The summed E-state index contributed by atoms with van der Waals surface area (Å²) in [6.45, 7) is 8.59. The van der Waals surface area contributed by atoms with Gasteiger partial charge in [-0.2, -0.15) is 0 Å². The van der Waals surface area contributed by atoms with Gasteiger partial charge in [-0.1, -0.05) is 23.7 Å². The van der Waals surface area contributed by atoms with Gasteiger partial charge in [0.2, 0.25) is 0 Å². The number of hydrogen-bond donors (Lipinski definition) is 1. The van der Waals surface area contributed by atoms with E-state index < -0.39 is 0 Å². The Balaban J connectivity index is 1.96. The standard InChI is InChI=1S/C15H20ClN3/c1-2-19-13(11-18-8-6-17-7-9-18)10-12-4-3-5-14(16)15(12)19/h3-5,10,17H,2,6-9,11H2,1H3. The van der Waals surface area contributed by atoms with Crippen molar-refractivity contribution in [2.75, 3.05) is 26.2 Å². The molecule has 1 aliphatic rings. The summed E-state index contributed by atoms with van der Waals surface area (Å²) >= 11 is 6.35. The Morgan fingerprint density at radius 3 is 2.79 bits per heavy atom. The van der Waals surface area contributed by atoms with Crippen LogP contribution in [0.25, 0.3) is 10.9 Å². The molecule has 0 spiro atoms. The molecular weight excluding hydrogens is 258 g/mol. The minimum Gasteiger partial charge on any atom is -0.342 e. The molecule has 102 valence electrons. The molecule has 1 aliphatic heterocycles. The van der Waals surface area contributed by atoms with Crippen LogP contribution in [-0.4, -0.2) is 35.6 Å². The smallest absolute Gasteiger partial charge is 0.0672 e. The molecule has 1 aromatic carbocycles. The molecule has 0 saturated carbocycles. The largest absolute Gasteiger partial charge is 0.342 e. The van der Waals surface area contributed by atoms with Crippen LogP contribution in [0.5, 0.6) is 0 Å². The summed E-state index contributed by atoms with van der Waals surface area (Å²) in [5.41, 5.74) is 2.55. The fourth-order valence-corrected chi connectivity index (χ4v) is 3.21. The molecule has 3 rings (SSSR count). The first-order valence-electron chi connectivity index (χ1n) is 6.99. The van der Waals surface area contributed by atoms with Gasteiger partial charge < -0.3 is 9.88 Å². The van der Waals surface area contributed by atoms with E-state index in [1.165, 1.54) is 16.6 Å². The highest BCUT2D eigenvalue weighted by atomic mass is 35.5. The summed E-state index contributed by atoms with van der Waals surface area (Å²) in [7, 11) is 0. The van der Waals surface area contributed by atoms with Gasteiger partial charge >= 0.3 is 0 Å². The van der Waals surface area contributed by atoms with Crippen LogP contribution in [0.2, 0.25) is 5.02 Å². The molecule has 2 aromatic rings. The number of para-hydroxylation sites is 1. The number of nitrogens with zero attached hydrogens (tertiary/aromatic N) is 2. The normalized spacial score (nSPS) is 17.2. The molecule has 3 nitrogen and oxygen atoms in total. The van der Waals surface area contributed by atoms with Crippen molar-refractivity contribution >= 4 is 22.5 Å². The Labute approximate surface area is 119 Å². The maximum Gasteiger partial charge on any atom is 0.0672 e. The third kappa shape index (κ3) is 2.50. The fourth-order valence-electron chi connectivity index (χ4n) is 2.92. The molecule has 0 amide bonds. The Morgan fingerprint density at radius 2 is 2.05 bits per heavy atom. The van der Waals surface area contributed by atoms with E-state index in [9.17, 15) is 0 Å². The van der Waals surface area contributed by atoms with Gasteiger partial charge in [0.25, 0.3) is 0 Å². The lowest BCUT2D eigenvalue weighted by atomic mass is 10.2. The van der Waals surface area contributed by atoms with Gasteiger partial charge in [-0.3, -0.25) is 4.90 Å². The molecule has 19 heavy (non-hydrogen) atoms. The first kappa shape index (κ1) is 13.0. The summed E-state index contributed by atoms with van der Waals surface area (Å²) in [6.07, 6.45) is 0. The van der Waals surface area contributed by atoms with Crippen molar-refractivity contribution < 1.29 is 0 Å². The van der Waals surface area contributed by atoms with Crippen LogP contribution in [0, 0.1) is 0 Å². The molecule has 1 saturated heterocycles. The second kappa shape index (κ2) is 5.53. The van der Waals surface area contributed by atoms with Crippen molar-refractivity contribution in [3.8, 4) is 0 Å². The van der Waals surface area contributed by atoms with Crippen LogP contribution in [0.15, 0.2) is 24.3 Å². The van der Waals surface area contributed by atoms with Gasteiger partial charge in [-0.05, 0) is 19.1 Å². The van der Waals surface area contributed by atoms with Gasteiger partial charge in [-0.25, -0.2) is 0 Å². The van der Waals surface area contributed by atoms with Crippen LogP contribution in [0.1, 0.15) is 12.6 Å². The zero-order valence-corrected chi connectivity index (χ0v) is 12.1. The fraction of sp³-hybridized carbons (Fsp3) is 0.467. The number of benzene rings is 1. The van der Waals surface area contributed by atoms with E-state index >= 15 is 0 Å². The molecule has 1 N–H and O–H groups in total. The summed E-state index contributed by atoms with van der Waals surface area (Å²) < 4.78 is 2.35. The molecule has 0 radical (unpaired) electrons. The predicted octanol–water partition coefficient (Wildman–Crippen LogP) is 2.72. The SMILES string of the molecule is CCn1c(CN2CCNCC2)cc2cccc(Cl)c21. The van der Waals surface area contributed by atoms with Crippen molar-refractivity contribution in [3.63, 3.8) is 0 Å². The first-order chi connectivity index (χ1) is 9.29. The van der Waals surface area contributed by atoms with Gasteiger partial charge in [0.15, 0.2) is 0 Å². The van der Waals surface area contributed by atoms with Crippen LogP contribution in [0.4, 0.5) is 0 Å². The van der Waals surface area contributed by atoms with E-state index in [1.807, 2.05) is 12.1 Å². The van der Waals surface area contributed by atoms with Crippen molar-refractivity contribution in [3.05, 3.63) is 35.0 Å². The number of nitrogens with one attached hydrogen (secondary N) is 1. The number of aromatic nitrogens is 1. The molecule has 0 atom stereocenters. The maximum absolute atomic E-state index is 6.35. The van der Waals surface area contributed by atoms with E-state index in [2.05, 4.69) is 33.8 Å². The van der Waals surface area contributed by atoms with Crippen LogP contribution in [0.3, 0.4) is 0 Å². The Bertz CT molecular complexity index is 570. The van der Waals surface area contributed by atoms with Crippen molar-refractivity contribution in [2.45, 2.75) is 20.0 Å². The molecule has 0 aliphatic carbocycles. The minimum absolute atomic E-state index is 0.853. The van der Waals surface area contributed by atoms with Gasteiger partial charge in [-0.15, -0.1) is 0 Å². The molecule has 1 fully saturated rings. The highest BCUT2D eigenvalue weighted by Gasteiger charge is 2.15. The summed E-state index contributed by atoms with van der Waals surface area (Å²) in [6, 6.07) is 8.44. The number of fused-ring (bicyclic) bond motifs is 1. The van der Waals surface area contributed by atoms with E-state index in [0.717, 1.165) is 44.3 Å². The van der Waals surface area contributed by atoms with Gasteiger partial charge in [0.05, 0.1) is 10.5 Å². The lowest BCUT2D eigenvalue weighted by Gasteiger charge is -2.27. The summed E-state index contributed by atoms with van der Waals surface area (Å²) in [5, 5.41) is 5.50. The number of piperazine rings is 1. The first-order valence-corrected chi connectivity index (χ1v) is 7.37. The molecule has 1 aromatic heterocycles. The average Bonchev–Trinajstić information content (AvgIpc) is 2.78. The molecule has 2 heterocycles. The van der Waals surface area contributed by atoms with Crippen molar-refractivity contribution in [1.82, 2.24) is 14.8 Å². The quantitative estimate of drug-likeness (QED) is 0.931. The third-order valence-electron chi connectivity index (χ3n) is 3.87. The second-order valence-electron chi connectivity index (χ2n) is 5.08. The van der Waals surface area contributed by atoms with Gasteiger partial charge in [0.1, 0.15) is 0 Å². The average molecular weight is 278 g/mol. The van der Waals surface area contributed by atoms with E-state index in [1.54, 1.807) is 0 Å². The van der Waals surface area contributed by atoms with Crippen LogP contribution < -0.4 is 5.32 Å². The van der Waals surface area contributed by atoms with E-state index in [-0.39, 0.29) is 0 Å². The molecule has 0 bridgehead atoms. The van der Waals surface area contributed by atoms with Crippen LogP contribution >= 0.6 is 11.6 Å². The molecule has 4 heteroatoms. The number of hydrogen-bond acceptors (Lipinski definition) is 2. The number of rotatable bonds is 3. The lowest BCUT2D eigenvalue weighted by molar-refractivity contribution is 0.228. The monoisotopic (exact) mass is 277 g/mol. The summed E-state index contributed by atoms with van der Waals surface area (Å²) in [5.74, 6) is 0. The lowest BCUT2D eigenvalue weighted by Crippen LogP contribution is -2.43. The molecular formula is C15H20ClN3. The van der Waals surface area contributed by atoms with E-state index in [0.29, 0.717) is 0 Å². The molecule has 0 unspecified atom stereocenters. The highest BCUT2D eigenvalue weighted by molar-refractivity contribution is 6.35. The third-order valence-corrected chi connectivity index (χ3v) is 4.17. The Kier molecular flexibility index (Phi) is 3.78. The zero-order valence-electron chi connectivity index (χ0n) is 11.3.